The molecule has 1 aliphatic heterocycles. The molecule has 150 valence electrons. The first-order valence-electron chi connectivity index (χ1n) is 9.08. The van der Waals surface area contributed by atoms with Crippen molar-refractivity contribution in [2.24, 2.45) is 0 Å². The lowest BCUT2D eigenvalue weighted by atomic mass is 10.1. The largest absolute Gasteiger partial charge is 0.302 e. The van der Waals surface area contributed by atoms with E-state index in [1.165, 1.54) is 28.6 Å². The Kier molecular flexibility index (Phi) is 6.38. The van der Waals surface area contributed by atoms with Gasteiger partial charge in [-0.1, -0.05) is 12.1 Å². The molecule has 28 heavy (non-hydrogen) atoms. The number of hydrogen-bond acceptors (Lipinski definition) is 5. The minimum atomic E-state index is -3.63. The van der Waals surface area contributed by atoms with Crippen LogP contribution in [-0.2, 0) is 16.4 Å². The molecule has 1 saturated heterocycles. The lowest BCUT2D eigenvalue weighted by Crippen LogP contribution is -2.35. The lowest BCUT2D eigenvalue weighted by Gasteiger charge is -2.21. The predicted molar refractivity (Wildman–Crippen MR) is 103 cm³/mol. The van der Waals surface area contributed by atoms with E-state index in [0.717, 1.165) is 37.2 Å². The predicted octanol–water partition coefficient (Wildman–Crippen LogP) is 2.67. The Bertz CT molecular complexity index is 917. The molecule has 0 bridgehead atoms. The zero-order chi connectivity index (χ0) is 20.1. The first-order chi connectivity index (χ1) is 13.4. The van der Waals surface area contributed by atoms with Crippen molar-refractivity contribution in [3.05, 3.63) is 70.0 Å². The summed E-state index contributed by atoms with van der Waals surface area (Å²) in [6, 6.07) is 11.4. The molecule has 1 aliphatic rings. The molecule has 0 aromatic heterocycles. The highest BCUT2D eigenvalue weighted by atomic mass is 32.2. The highest BCUT2D eigenvalue weighted by Crippen LogP contribution is 2.19. The summed E-state index contributed by atoms with van der Waals surface area (Å²) in [5, 5.41) is 10.7. The number of hydrogen-bond donors (Lipinski definition) is 0. The SMILES string of the molecule is O=[N+]([O-])c1ccc(CCN2CCCN(S(=O)(=O)c3ccc(F)cc3)CC2)cc1. The van der Waals surface area contributed by atoms with Crippen LogP contribution < -0.4 is 0 Å². The van der Waals surface area contributed by atoms with Crippen LogP contribution in [0.25, 0.3) is 0 Å². The second-order valence-electron chi connectivity index (χ2n) is 6.73. The minimum Gasteiger partial charge on any atom is -0.302 e. The first kappa shape index (κ1) is 20.4. The van der Waals surface area contributed by atoms with E-state index >= 15 is 0 Å². The fourth-order valence-corrected chi connectivity index (χ4v) is 4.71. The van der Waals surface area contributed by atoms with E-state index in [2.05, 4.69) is 4.90 Å². The number of rotatable bonds is 6. The van der Waals surface area contributed by atoms with Gasteiger partial charge in [-0.3, -0.25) is 10.1 Å². The van der Waals surface area contributed by atoms with Crippen molar-refractivity contribution in [1.82, 2.24) is 9.21 Å². The van der Waals surface area contributed by atoms with E-state index in [0.29, 0.717) is 26.1 Å². The molecule has 0 saturated carbocycles. The zero-order valence-corrected chi connectivity index (χ0v) is 16.1. The monoisotopic (exact) mass is 407 g/mol. The van der Waals surface area contributed by atoms with Crippen molar-refractivity contribution in [1.29, 1.82) is 0 Å². The Balaban J connectivity index is 1.57. The normalized spacial score (nSPS) is 16.6. The number of non-ortho nitro benzene ring substituents is 1. The molecule has 2 aromatic carbocycles. The third-order valence-electron chi connectivity index (χ3n) is 4.86. The van der Waals surface area contributed by atoms with Crippen molar-refractivity contribution in [2.75, 3.05) is 32.7 Å². The maximum Gasteiger partial charge on any atom is 0.269 e. The van der Waals surface area contributed by atoms with E-state index < -0.39 is 20.8 Å². The fraction of sp³-hybridized carbons (Fsp3) is 0.368. The van der Waals surface area contributed by atoms with Gasteiger partial charge in [0.05, 0.1) is 9.82 Å². The van der Waals surface area contributed by atoms with Gasteiger partial charge in [-0.05, 0) is 49.2 Å². The third-order valence-corrected chi connectivity index (χ3v) is 6.78. The molecular weight excluding hydrogens is 385 g/mol. The molecule has 0 atom stereocenters. The van der Waals surface area contributed by atoms with Gasteiger partial charge < -0.3 is 4.90 Å². The smallest absolute Gasteiger partial charge is 0.269 e. The van der Waals surface area contributed by atoms with Gasteiger partial charge in [-0.25, -0.2) is 12.8 Å². The van der Waals surface area contributed by atoms with Gasteiger partial charge in [0.25, 0.3) is 5.69 Å². The minimum absolute atomic E-state index is 0.0696. The van der Waals surface area contributed by atoms with Gasteiger partial charge >= 0.3 is 0 Å². The highest BCUT2D eigenvalue weighted by Gasteiger charge is 2.26. The summed E-state index contributed by atoms with van der Waals surface area (Å²) in [4.78, 5) is 12.6. The Labute approximate surface area is 163 Å². The Morgan fingerprint density at radius 1 is 0.964 bits per heavy atom. The van der Waals surface area contributed by atoms with E-state index in [9.17, 15) is 22.9 Å². The summed E-state index contributed by atoms with van der Waals surface area (Å²) in [5.41, 5.74) is 1.07. The van der Waals surface area contributed by atoms with Gasteiger partial charge in [-0.2, -0.15) is 4.31 Å². The molecule has 0 spiro atoms. The third kappa shape index (κ3) is 4.92. The Morgan fingerprint density at radius 2 is 1.64 bits per heavy atom. The molecule has 0 amide bonds. The maximum absolute atomic E-state index is 13.1. The van der Waals surface area contributed by atoms with Gasteiger partial charge in [0.15, 0.2) is 0 Å². The van der Waals surface area contributed by atoms with Crippen molar-refractivity contribution < 1.29 is 17.7 Å². The zero-order valence-electron chi connectivity index (χ0n) is 15.3. The van der Waals surface area contributed by atoms with Gasteiger partial charge in [0, 0.05) is 38.3 Å². The summed E-state index contributed by atoms with van der Waals surface area (Å²) in [5.74, 6) is -0.466. The van der Waals surface area contributed by atoms with Crippen molar-refractivity contribution in [3.63, 3.8) is 0 Å². The van der Waals surface area contributed by atoms with Crippen LogP contribution in [0.5, 0.6) is 0 Å². The number of sulfonamides is 1. The van der Waals surface area contributed by atoms with Crippen molar-refractivity contribution in [2.45, 2.75) is 17.7 Å². The number of nitro benzene ring substituents is 1. The summed E-state index contributed by atoms with van der Waals surface area (Å²) in [7, 11) is -3.63. The van der Waals surface area contributed by atoms with E-state index in [1.54, 1.807) is 12.1 Å². The maximum atomic E-state index is 13.1. The second kappa shape index (κ2) is 8.76. The Morgan fingerprint density at radius 3 is 2.29 bits per heavy atom. The number of halogens is 1. The standard InChI is InChI=1S/C19H22FN3O4S/c20-17-4-8-19(9-5-17)28(26,27)22-12-1-11-21(14-15-22)13-10-16-2-6-18(7-3-16)23(24)25/h2-9H,1,10-15H2. The number of benzene rings is 2. The molecular formula is C19H22FN3O4S. The van der Waals surface area contributed by atoms with Gasteiger partial charge in [0.1, 0.15) is 5.82 Å². The van der Waals surface area contributed by atoms with Crippen LogP contribution in [0.1, 0.15) is 12.0 Å². The van der Waals surface area contributed by atoms with Crippen LogP contribution >= 0.6 is 0 Å². The molecule has 9 heteroatoms. The number of nitro groups is 1. The highest BCUT2D eigenvalue weighted by molar-refractivity contribution is 7.89. The first-order valence-corrected chi connectivity index (χ1v) is 10.5. The topological polar surface area (TPSA) is 83.8 Å². The van der Waals surface area contributed by atoms with Crippen LogP contribution in [0.15, 0.2) is 53.4 Å². The van der Waals surface area contributed by atoms with Crippen LogP contribution in [-0.4, -0.2) is 55.3 Å². The summed E-state index contributed by atoms with van der Waals surface area (Å²) in [6.45, 7) is 2.94. The van der Waals surface area contributed by atoms with Crippen LogP contribution in [0.4, 0.5) is 10.1 Å². The molecule has 1 fully saturated rings. The summed E-state index contributed by atoms with van der Waals surface area (Å²) >= 11 is 0. The molecule has 0 unspecified atom stereocenters. The summed E-state index contributed by atoms with van der Waals surface area (Å²) < 4.78 is 40.0. The van der Waals surface area contributed by atoms with E-state index in [-0.39, 0.29) is 10.6 Å². The van der Waals surface area contributed by atoms with E-state index in [4.69, 9.17) is 0 Å². The molecule has 7 nitrogen and oxygen atoms in total. The van der Waals surface area contributed by atoms with Crippen LogP contribution in [0, 0.1) is 15.9 Å². The molecule has 0 aliphatic carbocycles. The summed E-state index contributed by atoms with van der Waals surface area (Å²) in [6.07, 6.45) is 1.45. The lowest BCUT2D eigenvalue weighted by molar-refractivity contribution is -0.384. The van der Waals surface area contributed by atoms with Crippen LogP contribution in [0.2, 0.25) is 0 Å². The quantitative estimate of drug-likeness (QED) is 0.543. The van der Waals surface area contributed by atoms with E-state index in [1.807, 2.05) is 0 Å². The molecule has 0 radical (unpaired) electrons. The van der Waals surface area contributed by atoms with Crippen LogP contribution in [0.3, 0.4) is 0 Å². The average Bonchev–Trinajstić information content (AvgIpc) is 2.93. The molecule has 2 aromatic rings. The number of nitrogens with zero attached hydrogens (tertiary/aromatic N) is 3. The van der Waals surface area contributed by atoms with Crippen molar-refractivity contribution >= 4 is 15.7 Å². The molecule has 3 rings (SSSR count). The van der Waals surface area contributed by atoms with Gasteiger partial charge in [-0.15, -0.1) is 0 Å². The Hall–Kier alpha value is -2.36. The molecule has 1 heterocycles. The fourth-order valence-electron chi connectivity index (χ4n) is 3.24. The second-order valence-corrected chi connectivity index (χ2v) is 8.66. The molecule has 0 N–H and O–H groups in total. The van der Waals surface area contributed by atoms with Crippen molar-refractivity contribution in [3.8, 4) is 0 Å². The average molecular weight is 407 g/mol. The van der Waals surface area contributed by atoms with Gasteiger partial charge in [0.2, 0.25) is 10.0 Å².